The van der Waals surface area contributed by atoms with Crippen LogP contribution in [0.15, 0.2) is 6.33 Å². The fourth-order valence-electron chi connectivity index (χ4n) is 1.89. The Kier molecular flexibility index (Phi) is 5.47. The van der Waals surface area contributed by atoms with Gasteiger partial charge in [-0.3, -0.25) is 0 Å². The number of rotatable bonds is 7. The van der Waals surface area contributed by atoms with Crippen molar-refractivity contribution in [2.45, 2.75) is 13.8 Å². The molecule has 0 bridgehead atoms. The minimum absolute atomic E-state index is 0.696. The van der Waals surface area contributed by atoms with E-state index >= 15 is 0 Å². The second-order valence-electron chi connectivity index (χ2n) is 4.03. The highest BCUT2D eigenvalue weighted by molar-refractivity contribution is 9.09. The molecule has 2 aromatic rings. The lowest BCUT2D eigenvalue weighted by Gasteiger charge is -2.22. The zero-order valence-corrected chi connectivity index (χ0v) is 13.5. The summed E-state index contributed by atoms with van der Waals surface area (Å²) in [6, 6.07) is 0. The molecule has 104 valence electrons. The van der Waals surface area contributed by atoms with Gasteiger partial charge in [-0.05, 0) is 25.4 Å². The van der Waals surface area contributed by atoms with Crippen molar-refractivity contribution >= 4 is 43.5 Å². The third kappa shape index (κ3) is 3.40. The smallest absolute Gasteiger partial charge is 0.149 e. The molecule has 0 unspecified atom stereocenters. The Hall–Kier alpha value is -0.790. The molecule has 0 fully saturated rings. The van der Waals surface area contributed by atoms with Crippen molar-refractivity contribution in [2.24, 2.45) is 0 Å². The van der Waals surface area contributed by atoms with E-state index in [4.69, 9.17) is 4.74 Å². The molecule has 0 saturated heterocycles. The van der Waals surface area contributed by atoms with Crippen molar-refractivity contribution in [1.29, 1.82) is 0 Å². The van der Waals surface area contributed by atoms with Crippen LogP contribution in [0, 0.1) is 6.92 Å². The number of hydrogen-bond donors (Lipinski definition) is 0. The maximum absolute atomic E-state index is 5.52. The molecule has 0 aromatic carbocycles. The van der Waals surface area contributed by atoms with Crippen LogP contribution >= 0.6 is 27.5 Å². The summed E-state index contributed by atoms with van der Waals surface area (Å²) < 4.78 is 9.87. The van der Waals surface area contributed by atoms with Crippen LogP contribution in [0.2, 0.25) is 0 Å². The molecular weight excluding hydrogens is 328 g/mol. The first-order valence-corrected chi connectivity index (χ1v) is 8.13. The zero-order chi connectivity index (χ0) is 13.7. The molecule has 0 amide bonds. The summed E-state index contributed by atoms with van der Waals surface area (Å²) in [5.74, 6) is 0.959. The molecular formula is C12H17BrN4OS. The standard InChI is InChI=1S/C12H17BrN4OS/c1-3-17(5-7-18-6-4-13)11-10-9(2)16-19-12(10)15-8-14-11/h8H,3-7H2,1-2H3. The quantitative estimate of drug-likeness (QED) is 0.570. The van der Waals surface area contributed by atoms with Crippen LogP contribution in [0.5, 0.6) is 0 Å². The SMILES string of the molecule is CCN(CCOCCBr)c1ncnc2snc(C)c12. The molecule has 2 rings (SSSR count). The summed E-state index contributed by atoms with van der Waals surface area (Å²) in [5, 5.41) is 1.93. The van der Waals surface area contributed by atoms with Gasteiger partial charge in [-0.1, -0.05) is 15.9 Å². The number of likely N-dealkylation sites (N-methyl/N-ethyl adjacent to an activating group) is 1. The maximum atomic E-state index is 5.52. The Labute approximate surface area is 125 Å². The molecule has 7 heteroatoms. The molecule has 19 heavy (non-hydrogen) atoms. The van der Waals surface area contributed by atoms with Gasteiger partial charge in [-0.25, -0.2) is 9.97 Å². The van der Waals surface area contributed by atoms with Crippen LogP contribution < -0.4 is 4.90 Å². The van der Waals surface area contributed by atoms with E-state index in [2.05, 4.69) is 42.1 Å². The normalized spacial score (nSPS) is 11.1. The van der Waals surface area contributed by atoms with Crippen molar-refractivity contribution in [2.75, 3.05) is 36.5 Å². The van der Waals surface area contributed by atoms with Crippen molar-refractivity contribution in [3.63, 3.8) is 0 Å². The summed E-state index contributed by atoms with van der Waals surface area (Å²) in [6.07, 6.45) is 1.61. The van der Waals surface area contributed by atoms with Crippen molar-refractivity contribution in [3.05, 3.63) is 12.0 Å². The second kappa shape index (κ2) is 7.12. The van der Waals surface area contributed by atoms with Crippen LogP contribution in [0.4, 0.5) is 5.82 Å². The van der Waals surface area contributed by atoms with Crippen LogP contribution in [0.1, 0.15) is 12.6 Å². The van der Waals surface area contributed by atoms with Gasteiger partial charge in [0, 0.05) is 18.4 Å². The highest BCUT2D eigenvalue weighted by Gasteiger charge is 2.14. The average molecular weight is 345 g/mol. The number of halogens is 1. The van der Waals surface area contributed by atoms with Crippen LogP contribution in [0.3, 0.4) is 0 Å². The molecule has 0 N–H and O–H groups in total. The first-order valence-electron chi connectivity index (χ1n) is 6.23. The zero-order valence-electron chi connectivity index (χ0n) is 11.1. The van der Waals surface area contributed by atoms with E-state index in [1.54, 1.807) is 6.33 Å². The largest absolute Gasteiger partial charge is 0.379 e. The number of alkyl halides is 1. The number of nitrogens with zero attached hydrogens (tertiary/aromatic N) is 4. The van der Waals surface area contributed by atoms with Crippen LogP contribution in [0.25, 0.3) is 10.2 Å². The van der Waals surface area contributed by atoms with Gasteiger partial charge in [0.2, 0.25) is 0 Å². The van der Waals surface area contributed by atoms with Crippen LogP contribution in [-0.2, 0) is 4.74 Å². The number of anilines is 1. The third-order valence-electron chi connectivity index (χ3n) is 2.83. The van der Waals surface area contributed by atoms with Gasteiger partial charge >= 0.3 is 0 Å². The Morgan fingerprint density at radius 3 is 2.95 bits per heavy atom. The van der Waals surface area contributed by atoms with E-state index in [9.17, 15) is 0 Å². The summed E-state index contributed by atoms with van der Waals surface area (Å²) in [5.41, 5.74) is 0.996. The van der Waals surface area contributed by atoms with Gasteiger partial charge in [0.15, 0.2) is 0 Å². The Morgan fingerprint density at radius 2 is 2.21 bits per heavy atom. The Morgan fingerprint density at radius 1 is 1.37 bits per heavy atom. The van der Waals surface area contributed by atoms with Crippen molar-refractivity contribution in [3.8, 4) is 0 Å². The molecule has 2 aromatic heterocycles. The number of hydrogen-bond acceptors (Lipinski definition) is 6. The molecule has 5 nitrogen and oxygen atoms in total. The Balaban J connectivity index is 2.18. The molecule has 0 saturated carbocycles. The predicted molar refractivity (Wildman–Crippen MR) is 82.4 cm³/mol. The van der Waals surface area contributed by atoms with E-state index in [-0.39, 0.29) is 0 Å². The second-order valence-corrected chi connectivity index (χ2v) is 5.57. The number of ether oxygens (including phenoxy) is 1. The minimum atomic E-state index is 0.696. The first kappa shape index (κ1) is 14.6. The highest BCUT2D eigenvalue weighted by Crippen LogP contribution is 2.28. The molecule has 0 radical (unpaired) electrons. The monoisotopic (exact) mass is 344 g/mol. The van der Waals surface area contributed by atoms with E-state index in [0.717, 1.165) is 46.8 Å². The van der Waals surface area contributed by atoms with E-state index in [0.29, 0.717) is 6.61 Å². The highest BCUT2D eigenvalue weighted by atomic mass is 79.9. The van der Waals surface area contributed by atoms with Gasteiger partial charge in [0.25, 0.3) is 0 Å². The van der Waals surface area contributed by atoms with Gasteiger partial charge in [-0.2, -0.15) is 4.37 Å². The topological polar surface area (TPSA) is 51.1 Å². The van der Waals surface area contributed by atoms with Gasteiger partial charge in [0.05, 0.1) is 24.3 Å². The fraction of sp³-hybridized carbons (Fsp3) is 0.583. The summed E-state index contributed by atoms with van der Waals surface area (Å²) in [4.78, 5) is 11.9. The minimum Gasteiger partial charge on any atom is -0.379 e. The maximum Gasteiger partial charge on any atom is 0.149 e. The van der Waals surface area contributed by atoms with Gasteiger partial charge in [0.1, 0.15) is 17.0 Å². The van der Waals surface area contributed by atoms with E-state index in [1.807, 2.05) is 6.92 Å². The predicted octanol–water partition coefficient (Wildman–Crippen LogP) is 2.63. The lowest BCUT2D eigenvalue weighted by atomic mass is 10.3. The Bertz CT molecular complexity index is 533. The van der Waals surface area contributed by atoms with E-state index < -0.39 is 0 Å². The molecule has 0 aliphatic heterocycles. The lowest BCUT2D eigenvalue weighted by Crippen LogP contribution is -2.28. The number of fused-ring (bicyclic) bond motifs is 1. The van der Waals surface area contributed by atoms with Crippen molar-refractivity contribution < 1.29 is 4.74 Å². The van der Waals surface area contributed by atoms with Gasteiger partial charge in [-0.15, -0.1) is 0 Å². The number of aromatic nitrogens is 3. The van der Waals surface area contributed by atoms with Crippen LogP contribution in [-0.4, -0.2) is 46.0 Å². The first-order chi connectivity index (χ1) is 9.27. The fourth-order valence-corrected chi connectivity index (χ4v) is 2.86. The van der Waals surface area contributed by atoms with Crippen molar-refractivity contribution in [1.82, 2.24) is 14.3 Å². The molecule has 0 spiro atoms. The third-order valence-corrected chi connectivity index (χ3v) is 4.00. The molecule has 0 atom stereocenters. The lowest BCUT2D eigenvalue weighted by molar-refractivity contribution is 0.157. The summed E-state index contributed by atoms with van der Waals surface area (Å²) in [7, 11) is 0. The average Bonchev–Trinajstić information content (AvgIpc) is 2.81. The van der Waals surface area contributed by atoms with Gasteiger partial charge < -0.3 is 9.64 Å². The molecule has 0 aliphatic rings. The van der Waals surface area contributed by atoms with E-state index in [1.165, 1.54) is 11.5 Å². The molecule has 2 heterocycles. The summed E-state index contributed by atoms with van der Waals surface area (Å²) >= 11 is 4.77. The summed E-state index contributed by atoms with van der Waals surface area (Å²) in [6.45, 7) is 7.26. The molecule has 0 aliphatic carbocycles. The number of aryl methyl sites for hydroxylation is 1.